The van der Waals surface area contributed by atoms with E-state index in [0.29, 0.717) is 41.3 Å². The van der Waals surface area contributed by atoms with Gasteiger partial charge in [0.05, 0.1) is 19.8 Å². The van der Waals surface area contributed by atoms with E-state index in [2.05, 4.69) is 52.2 Å². The smallest absolute Gasteiger partial charge is 0.252 e. The third kappa shape index (κ3) is 6.12. The standard InChI is InChI=1S/C32H45N5O3/c1-7-13-40-31-29(24(17-33)18-34-5)14-23(15-30(31)39-6)22(4)35-32(38)28-16-25(10-9-21(28)3)36-19-26-11-12-27(20-36)37(26)8-2/h9-10,14-18,22,26-27H,7-8,11-13,19-20,33H2,1-6H3,(H,35,38)/b24-17+,34-18?/t22-,26-,27+/m1/s1. The van der Waals surface area contributed by atoms with Crippen LogP contribution in [0.4, 0.5) is 5.69 Å². The molecule has 1 amide bonds. The minimum atomic E-state index is -0.287. The average Bonchev–Trinajstić information content (AvgIpc) is 3.21. The van der Waals surface area contributed by atoms with Crippen LogP contribution in [-0.4, -0.2) is 69.5 Å². The third-order valence-electron chi connectivity index (χ3n) is 8.18. The number of piperazine rings is 1. The van der Waals surface area contributed by atoms with Gasteiger partial charge >= 0.3 is 0 Å². The Labute approximate surface area is 239 Å². The largest absolute Gasteiger partial charge is 0.493 e. The molecule has 216 valence electrons. The number of aryl methyl sites for hydroxylation is 1. The van der Waals surface area contributed by atoms with Gasteiger partial charge in [-0.05, 0) is 75.0 Å². The van der Waals surface area contributed by atoms with Gasteiger partial charge in [-0.2, -0.15) is 0 Å². The maximum atomic E-state index is 13.6. The van der Waals surface area contributed by atoms with Gasteiger partial charge in [0.1, 0.15) is 0 Å². The van der Waals surface area contributed by atoms with E-state index in [1.807, 2.05) is 26.0 Å². The van der Waals surface area contributed by atoms with E-state index in [-0.39, 0.29) is 11.9 Å². The zero-order chi connectivity index (χ0) is 28.8. The molecular weight excluding hydrogens is 502 g/mol. The van der Waals surface area contributed by atoms with Gasteiger partial charge in [0.15, 0.2) is 11.5 Å². The highest BCUT2D eigenvalue weighted by atomic mass is 16.5. The van der Waals surface area contributed by atoms with Crippen LogP contribution >= 0.6 is 0 Å². The number of carbonyl (C=O) groups is 1. The Morgan fingerprint density at radius 2 is 1.90 bits per heavy atom. The highest BCUT2D eigenvalue weighted by Crippen LogP contribution is 2.38. The van der Waals surface area contributed by atoms with Crippen LogP contribution in [0.3, 0.4) is 0 Å². The number of nitrogens with zero attached hydrogens (tertiary/aromatic N) is 3. The summed E-state index contributed by atoms with van der Waals surface area (Å²) in [5, 5.41) is 3.21. The van der Waals surface area contributed by atoms with Crippen molar-refractivity contribution in [1.29, 1.82) is 0 Å². The zero-order valence-corrected chi connectivity index (χ0v) is 24.9. The molecule has 3 N–H and O–H groups in total. The molecule has 40 heavy (non-hydrogen) atoms. The van der Waals surface area contributed by atoms with Crippen molar-refractivity contribution in [2.24, 2.45) is 10.7 Å². The first kappa shape index (κ1) is 29.5. The van der Waals surface area contributed by atoms with Crippen molar-refractivity contribution >= 4 is 23.4 Å². The van der Waals surface area contributed by atoms with Gasteiger partial charge in [-0.25, -0.2) is 0 Å². The first-order valence-electron chi connectivity index (χ1n) is 14.5. The number of benzene rings is 2. The Kier molecular flexibility index (Phi) is 9.74. The van der Waals surface area contributed by atoms with Crippen molar-refractivity contribution in [2.45, 2.75) is 65.1 Å². The van der Waals surface area contributed by atoms with Crippen molar-refractivity contribution in [3.8, 4) is 11.5 Å². The van der Waals surface area contributed by atoms with Crippen molar-refractivity contribution < 1.29 is 14.3 Å². The second-order valence-corrected chi connectivity index (χ2v) is 10.8. The number of ether oxygens (including phenoxy) is 2. The molecule has 2 aliphatic heterocycles. The number of aliphatic imine (C=N–C) groups is 1. The summed E-state index contributed by atoms with van der Waals surface area (Å²) in [5.41, 5.74) is 11.1. The monoisotopic (exact) mass is 547 g/mol. The normalized spacial score (nSPS) is 20.1. The van der Waals surface area contributed by atoms with E-state index >= 15 is 0 Å². The predicted octanol–water partition coefficient (Wildman–Crippen LogP) is 4.96. The minimum absolute atomic E-state index is 0.0986. The lowest BCUT2D eigenvalue weighted by atomic mass is 9.98. The molecule has 2 saturated heterocycles. The number of allylic oxidation sites excluding steroid dienone is 1. The Balaban J connectivity index is 1.59. The number of nitrogens with two attached hydrogens (primary N) is 1. The molecule has 0 aromatic heterocycles. The number of amides is 1. The minimum Gasteiger partial charge on any atom is -0.493 e. The van der Waals surface area contributed by atoms with Gasteiger partial charge in [0, 0.05) is 67.0 Å². The fourth-order valence-electron chi connectivity index (χ4n) is 6.06. The lowest BCUT2D eigenvalue weighted by Gasteiger charge is -2.41. The second kappa shape index (κ2) is 13.2. The number of carbonyl (C=O) groups excluding carboxylic acids is 1. The van der Waals surface area contributed by atoms with E-state index in [1.165, 1.54) is 19.0 Å². The van der Waals surface area contributed by atoms with Crippen LogP contribution in [0.25, 0.3) is 5.57 Å². The number of hydrogen-bond acceptors (Lipinski definition) is 7. The molecule has 8 nitrogen and oxygen atoms in total. The molecule has 2 fully saturated rings. The van der Waals surface area contributed by atoms with Crippen molar-refractivity contribution in [3.63, 3.8) is 0 Å². The SMILES string of the molecule is CCCOc1c(OC)cc([C@@H](C)NC(=O)c2cc(N3C[C@H]4CC[C@@H](C3)N4CC)ccc2C)cc1/C(C=NC)=C/N. The molecule has 2 heterocycles. The molecule has 0 saturated carbocycles. The number of hydrogen-bond donors (Lipinski definition) is 2. The topological polar surface area (TPSA) is 92.4 Å². The van der Waals surface area contributed by atoms with Crippen LogP contribution in [0.1, 0.15) is 73.1 Å². The number of anilines is 1. The Bertz CT molecular complexity index is 1240. The summed E-state index contributed by atoms with van der Waals surface area (Å²) in [7, 11) is 3.32. The molecule has 2 aromatic carbocycles. The molecular formula is C32H45N5O3. The molecule has 2 aromatic rings. The summed E-state index contributed by atoms with van der Waals surface area (Å²) in [5.74, 6) is 1.10. The molecule has 0 radical (unpaired) electrons. The fourth-order valence-corrected chi connectivity index (χ4v) is 6.06. The summed E-state index contributed by atoms with van der Waals surface area (Å²) in [6.07, 6.45) is 6.57. The van der Waals surface area contributed by atoms with Crippen LogP contribution in [-0.2, 0) is 0 Å². The average molecular weight is 548 g/mol. The highest BCUT2D eigenvalue weighted by molar-refractivity contribution is 6.11. The molecule has 0 aliphatic carbocycles. The highest BCUT2D eigenvalue weighted by Gasteiger charge is 2.39. The summed E-state index contributed by atoms with van der Waals surface area (Å²) < 4.78 is 11.8. The Morgan fingerprint density at radius 1 is 1.18 bits per heavy atom. The van der Waals surface area contributed by atoms with Gasteiger partial charge in [-0.1, -0.05) is 19.9 Å². The molecule has 2 aliphatic rings. The van der Waals surface area contributed by atoms with Gasteiger partial charge in [-0.3, -0.25) is 14.7 Å². The lowest BCUT2D eigenvalue weighted by Crippen LogP contribution is -2.53. The van der Waals surface area contributed by atoms with Crippen molar-refractivity contribution in [1.82, 2.24) is 10.2 Å². The van der Waals surface area contributed by atoms with Crippen LogP contribution in [0, 0.1) is 6.92 Å². The quantitative estimate of drug-likeness (QED) is 0.387. The van der Waals surface area contributed by atoms with Gasteiger partial charge < -0.3 is 25.4 Å². The fraction of sp³-hybridized carbons (Fsp3) is 0.500. The number of methoxy groups -OCH3 is 1. The number of rotatable bonds is 11. The Hall–Kier alpha value is -3.52. The molecule has 8 heteroatoms. The van der Waals surface area contributed by atoms with Crippen LogP contribution in [0.2, 0.25) is 0 Å². The van der Waals surface area contributed by atoms with Crippen LogP contribution in [0.15, 0.2) is 41.5 Å². The third-order valence-corrected chi connectivity index (χ3v) is 8.18. The lowest BCUT2D eigenvalue weighted by molar-refractivity contribution is 0.0939. The molecule has 0 unspecified atom stereocenters. The maximum absolute atomic E-state index is 13.6. The van der Waals surface area contributed by atoms with Gasteiger partial charge in [-0.15, -0.1) is 0 Å². The van der Waals surface area contributed by atoms with E-state index in [4.69, 9.17) is 15.2 Å². The van der Waals surface area contributed by atoms with Crippen LogP contribution in [0.5, 0.6) is 11.5 Å². The van der Waals surface area contributed by atoms with Crippen molar-refractivity contribution in [2.75, 3.05) is 45.3 Å². The second-order valence-electron chi connectivity index (χ2n) is 10.8. The first-order chi connectivity index (χ1) is 19.3. The van der Waals surface area contributed by atoms with Gasteiger partial charge in [0.2, 0.25) is 0 Å². The molecule has 0 spiro atoms. The first-order valence-corrected chi connectivity index (χ1v) is 14.5. The molecule has 4 rings (SSSR count). The summed E-state index contributed by atoms with van der Waals surface area (Å²) >= 11 is 0. The van der Waals surface area contributed by atoms with Gasteiger partial charge in [0.25, 0.3) is 5.91 Å². The van der Waals surface area contributed by atoms with Crippen LogP contribution < -0.4 is 25.4 Å². The maximum Gasteiger partial charge on any atom is 0.252 e. The van der Waals surface area contributed by atoms with E-state index in [1.54, 1.807) is 20.4 Å². The summed E-state index contributed by atoms with van der Waals surface area (Å²) in [6, 6.07) is 11.1. The van der Waals surface area contributed by atoms with E-state index < -0.39 is 0 Å². The predicted molar refractivity (Wildman–Crippen MR) is 164 cm³/mol. The number of likely N-dealkylation sites (N-methyl/N-ethyl adjacent to an activating group) is 1. The number of fused-ring (bicyclic) bond motifs is 2. The molecule has 2 bridgehead atoms. The van der Waals surface area contributed by atoms with E-state index in [0.717, 1.165) is 48.4 Å². The summed E-state index contributed by atoms with van der Waals surface area (Å²) in [4.78, 5) is 22.9. The zero-order valence-electron chi connectivity index (χ0n) is 24.9. The summed E-state index contributed by atoms with van der Waals surface area (Å²) in [6.45, 7) is 11.9. The number of nitrogens with one attached hydrogen (secondary N) is 1. The van der Waals surface area contributed by atoms with E-state index in [9.17, 15) is 4.79 Å². The molecule has 3 atom stereocenters. The van der Waals surface area contributed by atoms with Crippen molar-refractivity contribution in [3.05, 3.63) is 58.8 Å². The Morgan fingerprint density at radius 3 is 2.50 bits per heavy atom.